The second kappa shape index (κ2) is 5.47. The van der Waals surface area contributed by atoms with E-state index in [-0.39, 0.29) is 16.4 Å². The van der Waals surface area contributed by atoms with E-state index in [0.717, 1.165) is 12.8 Å². The summed E-state index contributed by atoms with van der Waals surface area (Å²) in [5.74, 6) is -0.395. The molecule has 1 aliphatic carbocycles. The zero-order valence-electron chi connectivity index (χ0n) is 10.6. The van der Waals surface area contributed by atoms with Crippen LogP contribution in [0.4, 0.5) is 11.4 Å². The van der Waals surface area contributed by atoms with E-state index >= 15 is 0 Å². The molecule has 104 valence electrons. The summed E-state index contributed by atoms with van der Waals surface area (Å²) in [6, 6.07) is 5.89. The minimum Gasteiger partial charge on any atom is -0.323 e. The third-order valence-corrected chi connectivity index (χ3v) is 3.83. The number of carbonyl (C=O) groups excluding carboxylic acids is 1. The largest absolute Gasteiger partial charge is 0.323 e. The third-order valence-electron chi connectivity index (χ3n) is 3.52. The van der Waals surface area contributed by atoms with Crippen LogP contribution in [0, 0.1) is 26.9 Å². The molecule has 0 atom stereocenters. The standard InChI is InChI=1S/C13H12ClN3O3/c14-10-7-9(17(19)20)3-4-11(10)16-12(18)13(8-15)5-1-2-6-13/h3-4,7H,1-2,5-6H2,(H,16,18). The quantitative estimate of drug-likeness (QED) is 0.683. The van der Waals surface area contributed by atoms with Gasteiger partial charge in [0.15, 0.2) is 0 Å². The summed E-state index contributed by atoms with van der Waals surface area (Å²) in [7, 11) is 0. The number of anilines is 1. The highest BCUT2D eigenvalue weighted by molar-refractivity contribution is 6.34. The number of halogens is 1. The smallest absolute Gasteiger partial charge is 0.271 e. The van der Waals surface area contributed by atoms with Crippen molar-refractivity contribution in [3.8, 4) is 6.07 Å². The molecular formula is C13H12ClN3O3. The zero-order chi connectivity index (χ0) is 14.8. The van der Waals surface area contributed by atoms with Crippen LogP contribution in [0.25, 0.3) is 0 Å². The number of hydrogen-bond donors (Lipinski definition) is 1. The molecule has 2 rings (SSSR count). The molecule has 7 heteroatoms. The molecule has 0 aromatic heterocycles. The first-order valence-electron chi connectivity index (χ1n) is 6.15. The van der Waals surface area contributed by atoms with Gasteiger partial charge in [-0.05, 0) is 18.9 Å². The van der Waals surface area contributed by atoms with Crippen molar-refractivity contribution in [1.29, 1.82) is 5.26 Å². The van der Waals surface area contributed by atoms with Crippen LogP contribution in [-0.4, -0.2) is 10.8 Å². The van der Waals surface area contributed by atoms with Crippen LogP contribution in [0.1, 0.15) is 25.7 Å². The van der Waals surface area contributed by atoms with Crippen molar-refractivity contribution in [3.63, 3.8) is 0 Å². The van der Waals surface area contributed by atoms with Crippen LogP contribution in [-0.2, 0) is 4.79 Å². The fourth-order valence-corrected chi connectivity index (χ4v) is 2.55. The highest BCUT2D eigenvalue weighted by Crippen LogP contribution is 2.39. The number of amides is 1. The van der Waals surface area contributed by atoms with Crippen LogP contribution in [0.5, 0.6) is 0 Å². The van der Waals surface area contributed by atoms with E-state index in [2.05, 4.69) is 11.4 Å². The number of nitro benzene ring substituents is 1. The molecule has 0 aliphatic heterocycles. The fourth-order valence-electron chi connectivity index (χ4n) is 2.33. The van der Waals surface area contributed by atoms with Gasteiger partial charge in [0.05, 0.1) is 21.7 Å². The molecule has 1 aromatic rings. The molecule has 1 aromatic carbocycles. The molecule has 1 N–H and O–H groups in total. The molecule has 0 spiro atoms. The number of nitrogens with zero attached hydrogens (tertiary/aromatic N) is 2. The number of rotatable bonds is 3. The molecule has 1 fully saturated rings. The van der Waals surface area contributed by atoms with E-state index in [0.29, 0.717) is 12.8 Å². The van der Waals surface area contributed by atoms with Gasteiger partial charge in [-0.3, -0.25) is 14.9 Å². The Morgan fingerprint density at radius 3 is 2.60 bits per heavy atom. The molecule has 1 amide bonds. The van der Waals surface area contributed by atoms with Crippen LogP contribution in [0.2, 0.25) is 5.02 Å². The normalized spacial score (nSPS) is 16.4. The Kier molecular flexibility index (Phi) is 3.91. The van der Waals surface area contributed by atoms with E-state index < -0.39 is 16.2 Å². The summed E-state index contributed by atoms with van der Waals surface area (Å²) in [4.78, 5) is 22.3. The van der Waals surface area contributed by atoms with Gasteiger partial charge in [-0.15, -0.1) is 0 Å². The topological polar surface area (TPSA) is 96.0 Å². The van der Waals surface area contributed by atoms with Gasteiger partial charge in [-0.1, -0.05) is 24.4 Å². The SMILES string of the molecule is N#CC1(C(=O)Nc2ccc([N+](=O)[O-])cc2Cl)CCCC1. The van der Waals surface area contributed by atoms with Crippen molar-refractivity contribution in [2.24, 2.45) is 5.41 Å². The van der Waals surface area contributed by atoms with Crippen molar-refractivity contribution in [2.75, 3.05) is 5.32 Å². The van der Waals surface area contributed by atoms with Gasteiger partial charge in [0.1, 0.15) is 5.41 Å². The molecule has 0 radical (unpaired) electrons. The van der Waals surface area contributed by atoms with E-state index in [1.807, 2.05) is 0 Å². The summed E-state index contributed by atoms with van der Waals surface area (Å²) in [6.07, 6.45) is 2.74. The molecule has 1 saturated carbocycles. The van der Waals surface area contributed by atoms with Crippen molar-refractivity contribution in [2.45, 2.75) is 25.7 Å². The fraction of sp³-hybridized carbons (Fsp3) is 0.385. The number of nitriles is 1. The zero-order valence-corrected chi connectivity index (χ0v) is 11.3. The van der Waals surface area contributed by atoms with Gasteiger partial charge in [0.2, 0.25) is 5.91 Å². The Morgan fingerprint density at radius 2 is 2.10 bits per heavy atom. The van der Waals surface area contributed by atoms with E-state index in [4.69, 9.17) is 11.6 Å². The predicted molar refractivity (Wildman–Crippen MR) is 73.3 cm³/mol. The van der Waals surface area contributed by atoms with Crippen LogP contribution < -0.4 is 5.32 Å². The molecule has 0 heterocycles. The summed E-state index contributed by atoms with van der Waals surface area (Å²) in [6.45, 7) is 0. The van der Waals surface area contributed by atoms with Gasteiger partial charge in [-0.2, -0.15) is 5.26 Å². The Morgan fingerprint density at radius 1 is 1.45 bits per heavy atom. The highest BCUT2D eigenvalue weighted by Gasteiger charge is 2.41. The van der Waals surface area contributed by atoms with Gasteiger partial charge in [0, 0.05) is 12.1 Å². The second-order valence-electron chi connectivity index (χ2n) is 4.78. The summed E-state index contributed by atoms with van der Waals surface area (Å²) >= 11 is 5.91. The van der Waals surface area contributed by atoms with Gasteiger partial charge < -0.3 is 5.32 Å². The maximum absolute atomic E-state index is 12.2. The average Bonchev–Trinajstić information content (AvgIpc) is 2.90. The highest BCUT2D eigenvalue weighted by atomic mass is 35.5. The average molecular weight is 294 g/mol. The number of nitro groups is 1. The Bertz CT molecular complexity index is 603. The lowest BCUT2D eigenvalue weighted by Gasteiger charge is -2.19. The minimum atomic E-state index is -1.01. The molecule has 6 nitrogen and oxygen atoms in total. The first-order valence-corrected chi connectivity index (χ1v) is 6.53. The Balaban J connectivity index is 2.20. The lowest BCUT2D eigenvalue weighted by atomic mass is 9.87. The molecular weight excluding hydrogens is 282 g/mol. The third kappa shape index (κ3) is 2.58. The number of nitrogens with one attached hydrogen (secondary N) is 1. The van der Waals surface area contributed by atoms with Crippen LogP contribution in [0.15, 0.2) is 18.2 Å². The summed E-state index contributed by atoms with van der Waals surface area (Å²) in [5.41, 5.74) is -0.877. The first-order chi connectivity index (χ1) is 9.48. The van der Waals surface area contributed by atoms with Crippen molar-refractivity contribution in [1.82, 2.24) is 0 Å². The maximum Gasteiger partial charge on any atom is 0.271 e. The first kappa shape index (κ1) is 14.3. The summed E-state index contributed by atoms with van der Waals surface area (Å²) in [5, 5.41) is 22.5. The predicted octanol–water partition coefficient (Wildman–Crippen LogP) is 3.27. The van der Waals surface area contributed by atoms with Gasteiger partial charge in [-0.25, -0.2) is 0 Å². The van der Waals surface area contributed by atoms with Crippen LogP contribution in [0.3, 0.4) is 0 Å². The minimum absolute atomic E-state index is 0.0821. The lowest BCUT2D eigenvalue weighted by molar-refractivity contribution is -0.384. The Hall–Kier alpha value is -2.13. The van der Waals surface area contributed by atoms with E-state index in [1.54, 1.807) is 0 Å². The lowest BCUT2D eigenvalue weighted by Crippen LogP contribution is -2.32. The molecule has 20 heavy (non-hydrogen) atoms. The van der Waals surface area contributed by atoms with Gasteiger partial charge >= 0.3 is 0 Å². The number of non-ortho nitro benzene ring substituents is 1. The molecule has 1 aliphatic rings. The summed E-state index contributed by atoms with van der Waals surface area (Å²) < 4.78 is 0. The monoisotopic (exact) mass is 293 g/mol. The molecule has 0 unspecified atom stereocenters. The molecule has 0 bridgehead atoms. The number of carbonyl (C=O) groups is 1. The van der Waals surface area contributed by atoms with Crippen molar-refractivity contribution in [3.05, 3.63) is 33.3 Å². The number of hydrogen-bond acceptors (Lipinski definition) is 4. The second-order valence-corrected chi connectivity index (χ2v) is 5.18. The molecule has 0 saturated heterocycles. The van der Waals surface area contributed by atoms with Crippen molar-refractivity contribution < 1.29 is 9.72 Å². The van der Waals surface area contributed by atoms with E-state index in [9.17, 15) is 20.2 Å². The van der Waals surface area contributed by atoms with Crippen LogP contribution >= 0.6 is 11.6 Å². The van der Waals surface area contributed by atoms with Crippen molar-refractivity contribution >= 4 is 28.9 Å². The van der Waals surface area contributed by atoms with Gasteiger partial charge in [0.25, 0.3) is 5.69 Å². The Labute approximate surface area is 120 Å². The number of benzene rings is 1. The van der Waals surface area contributed by atoms with E-state index in [1.165, 1.54) is 18.2 Å². The maximum atomic E-state index is 12.2.